The molecule has 76 valence electrons. The molecule has 0 aliphatic carbocycles. The molecule has 4 nitrogen and oxygen atoms in total. The fourth-order valence-electron chi connectivity index (χ4n) is 1.75. The van der Waals surface area contributed by atoms with Gasteiger partial charge in [-0.2, -0.15) is 0 Å². The van der Waals surface area contributed by atoms with Crippen molar-refractivity contribution in [3.05, 3.63) is 18.2 Å². The van der Waals surface area contributed by atoms with Crippen molar-refractivity contribution >= 4 is 5.78 Å². The van der Waals surface area contributed by atoms with Crippen LogP contribution in [0.1, 0.15) is 30.3 Å². The SMILES string of the molecule is CCn1cnc(C(=O)C2CCCN2)c1. The summed E-state index contributed by atoms with van der Waals surface area (Å²) in [6.45, 7) is 3.84. The van der Waals surface area contributed by atoms with Gasteiger partial charge in [-0.25, -0.2) is 4.98 Å². The maximum Gasteiger partial charge on any atom is 0.199 e. The Balaban J connectivity index is 2.09. The molecule has 0 amide bonds. The Morgan fingerprint density at radius 3 is 3.21 bits per heavy atom. The Labute approximate surface area is 83.3 Å². The predicted molar refractivity (Wildman–Crippen MR) is 53.3 cm³/mol. The Morgan fingerprint density at radius 2 is 2.64 bits per heavy atom. The van der Waals surface area contributed by atoms with Crippen molar-refractivity contribution in [3.8, 4) is 0 Å². The van der Waals surface area contributed by atoms with Gasteiger partial charge in [-0.1, -0.05) is 0 Å². The molecule has 1 atom stereocenters. The monoisotopic (exact) mass is 193 g/mol. The van der Waals surface area contributed by atoms with E-state index in [0.29, 0.717) is 5.69 Å². The molecule has 1 N–H and O–H groups in total. The van der Waals surface area contributed by atoms with Gasteiger partial charge in [0.15, 0.2) is 5.78 Å². The van der Waals surface area contributed by atoms with Gasteiger partial charge < -0.3 is 9.88 Å². The highest BCUT2D eigenvalue weighted by atomic mass is 16.1. The van der Waals surface area contributed by atoms with E-state index < -0.39 is 0 Å². The molecule has 0 spiro atoms. The number of imidazole rings is 1. The largest absolute Gasteiger partial charge is 0.337 e. The molecule has 1 aromatic rings. The van der Waals surface area contributed by atoms with E-state index in [9.17, 15) is 4.79 Å². The first-order valence-corrected chi connectivity index (χ1v) is 5.10. The first kappa shape index (κ1) is 9.40. The number of hydrogen-bond donors (Lipinski definition) is 1. The molecule has 0 aromatic carbocycles. The third-order valence-electron chi connectivity index (χ3n) is 2.63. The number of rotatable bonds is 3. The molecular weight excluding hydrogens is 178 g/mol. The van der Waals surface area contributed by atoms with Gasteiger partial charge in [0.25, 0.3) is 0 Å². The maximum absolute atomic E-state index is 11.8. The van der Waals surface area contributed by atoms with E-state index in [2.05, 4.69) is 10.3 Å². The highest BCUT2D eigenvalue weighted by Gasteiger charge is 2.24. The van der Waals surface area contributed by atoms with Crippen molar-refractivity contribution < 1.29 is 4.79 Å². The van der Waals surface area contributed by atoms with Gasteiger partial charge >= 0.3 is 0 Å². The van der Waals surface area contributed by atoms with Gasteiger partial charge in [0, 0.05) is 12.7 Å². The molecule has 1 unspecified atom stereocenters. The van der Waals surface area contributed by atoms with E-state index in [1.807, 2.05) is 17.7 Å². The zero-order valence-corrected chi connectivity index (χ0v) is 8.36. The van der Waals surface area contributed by atoms with Crippen LogP contribution in [0.25, 0.3) is 0 Å². The summed E-state index contributed by atoms with van der Waals surface area (Å²) in [4.78, 5) is 15.9. The van der Waals surface area contributed by atoms with Gasteiger partial charge in [0.2, 0.25) is 0 Å². The average molecular weight is 193 g/mol. The second kappa shape index (κ2) is 3.92. The molecule has 1 fully saturated rings. The summed E-state index contributed by atoms with van der Waals surface area (Å²) in [7, 11) is 0. The predicted octanol–water partition coefficient (Wildman–Crippen LogP) is 0.838. The first-order valence-electron chi connectivity index (χ1n) is 5.10. The lowest BCUT2D eigenvalue weighted by Crippen LogP contribution is -2.30. The molecule has 0 saturated carbocycles. The number of nitrogens with zero attached hydrogens (tertiary/aromatic N) is 2. The van der Waals surface area contributed by atoms with Gasteiger partial charge in [-0.3, -0.25) is 4.79 Å². The lowest BCUT2D eigenvalue weighted by molar-refractivity contribution is 0.0947. The molecule has 2 heterocycles. The Hall–Kier alpha value is -1.16. The van der Waals surface area contributed by atoms with Crippen LogP contribution < -0.4 is 5.32 Å². The molecule has 2 rings (SSSR count). The van der Waals surface area contributed by atoms with E-state index in [4.69, 9.17) is 0 Å². The quantitative estimate of drug-likeness (QED) is 0.723. The highest BCUT2D eigenvalue weighted by Crippen LogP contribution is 2.10. The first-order chi connectivity index (χ1) is 6.81. The number of aryl methyl sites for hydroxylation is 1. The van der Waals surface area contributed by atoms with Crippen LogP contribution in [0.4, 0.5) is 0 Å². The third-order valence-corrected chi connectivity index (χ3v) is 2.63. The van der Waals surface area contributed by atoms with Crippen molar-refractivity contribution in [2.45, 2.75) is 32.4 Å². The minimum atomic E-state index is -0.00444. The maximum atomic E-state index is 11.8. The second-order valence-electron chi connectivity index (χ2n) is 3.60. The van der Waals surface area contributed by atoms with Gasteiger partial charge in [-0.05, 0) is 26.3 Å². The van der Waals surface area contributed by atoms with Crippen LogP contribution in [0.15, 0.2) is 12.5 Å². The van der Waals surface area contributed by atoms with Crippen LogP contribution in [0, 0.1) is 0 Å². The average Bonchev–Trinajstić information content (AvgIpc) is 2.88. The van der Waals surface area contributed by atoms with E-state index in [1.165, 1.54) is 0 Å². The molecule has 14 heavy (non-hydrogen) atoms. The van der Waals surface area contributed by atoms with Crippen LogP contribution in [-0.4, -0.2) is 27.9 Å². The summed E-state index contributed by atoms with van der Waals surface area (Å²) in [5.74, 6) is 0.134. The standard InChI is InChI=1S/C10H15N3O/c1-2-13-6-9(12-7-13)10(14)8-4-3-5-11-8/h6-8,11H,2-5H2,1H3. The molecule has 1 aromatic heterocycles. The number of nitrogens with one attached hydrogen (secondary N) is 1. The van der Waals surface area contributed by atoms with Crippen LogP contribution in [0.5, 0.6) is 0 Å². The molecule has 0 bridgehead atoms. The Bertz CT molecular complexity index is 326. The van der Waals surface area contributed by atoms with Crippen molar-refractivity contribution in [2.24, 2.45) is 0 Å². The van der Waals surface area contributed by atoms with E-state index in [1.54, 1.807) is 6.33 Å². The number of Topliss-reactive ketones (excluding diaryl/α,β-unsaturated/α-hetero) is 1. The molecule has 1 saturated heterocycles. The number of carbonyl (C=O) groups is 1. The fourth-order valence-corrected chi connectivity index (χ4v) is 1.75. The third kappa shape index (κ3) is 1.70. The van der Waals surface area contributed by atoms with Gasteiger partial charge in [-0.15, -0.1) is 0 Å². The zero-order chi connectivity index (χ0) is 9.97. The fraction of sp³-hybridized carbons (Fsp3) is 0.600. The topological polar surface area (TPSA) is 46.9 Å². The Morgan fingerprint density at radius 1 is 1.79 bits per heavy atom. The Kier molecular flexibility index (Phi) is 2.63. The summed E-state index contributed by atoms with van der Waals surface area (Å²) in [5.41, 5.74) is 0.589. The lowest BCUT2D eigenvalue weighted by Gasteiger charge is -2.05. The van der Waals surface area contributed by atoms with Gasteiger partial charge in [0.1, 0.15) is 5.69 Å². The molecule has 4 heteroatoms. The minimum Gasteiger partial charge on any atom is -0.337 e. The van der Waals surface area contributed by atoms with Crippen molar-refractivity contribution in [1.82, 2.24) is 14.9 Å². The number of ketones is 1. The summed E-state index contributed by atoms with van der Waals surface area (Å²) < 4.78 is 1.92. The van der Waals surface area contributed by atoms with Crippen LogP contribution in [-0.2, 0) is 6.54 Å². The summed E-state index contributed by atoms with van der Waals surface area (Å²) in [6.07, 6.45) is 5.56. The van der Waals surface area contributed by atoms with E-state index >= 15 is 0 Å². The molecular formula is C10H15N3O. The lowest BCUT2D eigenvalue weighted by atomic mass is 10.1. The highest BCUT2D eigenvalue weighted by molar-refractivity contribution is 5.98. The van der Waals surface area contributed by atoms with Crippen LogP contribution >= 0.6 is 0 Å². The molecule has 1 aliphatic heterocycles. The van der Waals surface area contributed by atoms with Crippen molar-refractivity contribution in [2.75, 3.05) is 6.54 Å². The second-order valence-corrected chi connectivity index (χ2v) is 3.60. The van der Waals surface area contributed by atoms with Crippen LogP contribution in [0.2, 0.25) is 0 Å². The van der Waals surface area contributed by atoms with Gasteiger partial charge in [0.05, 0.1) is 12.4 Å². The summed E-state index contributed by atoms with van der Waals surface area (Å²) in [5, 5.41) is 3.18. The molecule has 0 radical (unpaired) electrons. The smallest absolute Gasteiger partial charge is 0.199 e. The van der Waals surface area contributed by atoms with Crippen molar-refractivity contribution in [1.29, 1.82) is 0 Å². The van der Waals surface area contributed by atoms with E-state index in [0.717, 1.165) is 25.9 Å². The minimum absolute atomic E-state index is 0.00444. The van der Waals surface area contributed by atoms with Crippen molar-refractivity contribution in [3.63, 3.8) is 0 Å². The summed E-state index contributed by atoms with van der Waals surface area (Å²) in [6, 6.07) is -0.00444. The zero-order valence-electron chi connectivity index (χ0n) is 8.36. The summed E-state index contributed by atoms with van der Waals surface area (Å²) >= 11 is 0. The normalized spacial score (nSPS) is 21.4. The number of aromatic nitrogens is 2. The van der Waals surface area contributed by atoms with E-state index in [-0.39, 0.29) is 11.8 Å². The van der Waals surface area contributed by atoms with Crippen LogP contribution in [0.3, 0.4) is 0 Å². The number of carbonyl (C=O) groups excluding carboxylic acids is 1. The molecule has 1 aliphatic rings. The number of hydrogen-bond acceptors (Lipinski definition) is 3.